The van der Waals surface area contributed by atoms with Crippen LogP contribution in [-0.2, 0) is 0 Å². The molecule has 160 valence electrons. The Morgan fingerprint density at radius 3 is 2.12 bits per heavy atom. The predicted molar refractivity (Wildman–Crippen MR) is 143 cm³/mol. The first-order valence-corrected chi connectivity index (χ1v) is 14.9. The Labute approximate surface area is 194 Å². The molecule has 0 amide bonds. The van der Waals surface area contributed by atoms with E-state index in [2.05, 4.69) is 98.5 Å². The highest BCUT2D eigenvalue weighted by Gasteiger charge is 2.16. The summed E-state index contributed by atoms with van der Waals surface area (Å²) in [4.78, 5) is 5.01. The van der Waals surface area contributed by atoms with Gasteiger partial charge in [0.15, 0.2) is 0 Å². The number of hydrogen-bond acceptors (Lipinski definition) is 2. The zero-order chi connectivity index (χ0) is 22.6. The van der Waals surface area contributed by atoms with Crippen LogP contribution in [0.1, 0.15) is 0 Å². The average molecular weight is 444 g/mol. The monoisotopic (exact) mass is 443 g/mol. The minimum Gasteiger partial charge on any atom is -0.456 e. The van der Waals surface area contributed by atoms with E-state index in [0.717, 1.165) is 44.1 Å². The molecule has 2 aromatic heterocycles. The molecule has 0 aliphatic carbocycles. The highest BCUT2D eigenvalue weighted by atomic mass is 28.3. The number of fused-ring (bicyclic) bond motifs is 4. The quantitative estimate of drug-likeness (QED) is 0.259. The second kappa shape index (κ2) is 7.43. The summed E-state index contributed by atoms with van der Waals surface area (Å²) >= 11 is 0. The molecule has 0 aliphatic heterocycles. The summed E-state index contributed by atoms with van der Waals surface area (Å²) in [6.07, 6.45) is 0. The van der Waals surface area contributed by atoms with Gasteiger partial charge in [-0.1, -0.05) is 91.6 Å². The first-order valence-electron chi connectivity index (χ1n) is 11.4. The van der Waals surface area contributed by atoms with E-state index in [1.165, 1.54) is 16.3 Å². The minimum absolute atomic E-state index is 0.895. The van der Waals surface area contributed by atoms with Gasteiger partial charge in [-0.3, -0.25) is 0 Å². The number of pyridine rings is 1. The van der Waals surface area contributed by atoms with Gasteiger partial charge in [-0.15, -0.1) is 0 Å². The molecule has 0 saturated carbocycles. The van der Waals surface area contributed by atoms with E-state index in [-0.39, 0.29) is 0 Å². The number of furan rings is 1. The maximum absolute atomic E-state index is 6.09. The maximum atomic E-state index is 6.09. The third kappa shape index (κ3) is 3.55. The second-order valence-corrected chi connectivity index (χ2v) is 14.8. The molecule has 0 fully saturated rings. The van der Waals surface area contributed by atoms with Crippen molar-refractivity contribution in [2.45, 2.75) is 19.6 Å². The average Bonchev–Trinajstić information content (AvgIpc) is 3.21. The molecule has 0 saturated heterocycles. The van der Waals surface area contributed by atoms with Crippen molar-refractivity contribution in [1.82, 2.24) is 4.98 Å². The molecular weight excluding hydrogens is 418 g/mol. The van der Waals surface area contributed by atoms with E-state index in [0.29, 0.717) is 0 Å². The van der Waals surface area contributed by atoms with Crippen molar-refractivity contribution >= 4 is 46.1 Å². The van der Waals surface area contributed by atoms with Gasteiger partial charge in [0.25, 0.3) is 0 Å². The fourth-order valence-electron chi connectivity index (χ4n) is 4.51. The van der Waals surface area contributed by atoms with Gasteiger partial charge in [0.1, 0.15) is 11.2 Å². The number of hydrogen-bond donors (Lipinski definition) is 0. The van der Waals surface area contributed by atoms with E-state index in [1.807, 2.05) is 18.2 Å². The van der Waals surface area contributed by atoms with Crippen molar-refractivity contribution in [3.05, 3.63) is 97.1 Å². The third-order valence-corrected chi connectivity index (χ3v) is 8.52. The molecule has 2 nitrogen and oxygen atoms in total. The Kier molecular flexibility index (Phi) is 4.49. The fourth-order valence-corrected chi connectivity index (χ4v) is 5.67. The van der Waals surface area contributed by atoms with E-state index in [1.54, 1.807) is 0 Å². The van der Waals surface area contributed by atoms with Gasteiger partial charge in [-0.2, -0.15) is 0 Å². The Morgan fingerprint density at radius 2 is 1.30 bits per heavy atom. The van der Waals surface area contributed by atoms with Crippen LogP contribution in [0.25, 0.3) is 55.2 Å². The lowest BCUT2D eigenvalue weighted by Gasteiger charge is -2.16. The SMILES string of the molecule is C[Si](C)(C)c1ccc(-c2ccc3ccc(-c4ccc5c(c4)oc4ccccc45)nc3c2)cc1. The smallest absolute Gasteiger partial charge is 0.136 e. The fraction of sp³-hybridized carbons (Fsp3) is 0.100. The molecule has 0 radical (unpaired) electrons. The predicted octanol–water partition coefficient (Wildman–Crippen LogP) is 8.01. The standard InChI is InChI=1S/C30H25NOSi/c1-33(2,3)24-14-10-20(11-15-24)22-9-8-21-13-17-27(31-28(21)18-22)23-12-16-26-25-6-4-5-7-29(25)32-30(26)19-23/h4-19H,1-3H3. The van der Waals surface area contributed by atoms with Crippen molar-refractivity contribution < 1.29 is 4.42 Å². The number of rotatable bonds is 3. The van der Waals surface area contributed by atoms with Gasteiger partial charge in [-0.25, -0.2) is 4.98 Å². The van der Waals surface area contributed by atoms with Crippen LogP contribution in [0.4, 0.5) is 0 Å². The zero-order valence-electron chi connectivity index (χ0n) is 19.1. The Bertz CT molecular complexity index is 1640. The minimum atomic E-state index is -1.30. The van der Waals surface area contributed by atoms with Crippen LogP contribution in [0, 0.1) is 0 Å². The lowest BCUT2D eigenvalue weighted by molar-refractivity contribution is 0.669. The van der Waals surface area contributed by atoms with E-state index >= 15 is 0 Å². The highest BCUT2D eigenvalue weighted by Crippen LogP contribution is 2.32. The van der Waals surface area contributed by atoms with Crippen LogP contribution in [-0.4, -0.2) is 13.1 Å². The molecule has 0 N–H and O–H groups in total. The van der Waals surface area contributed by atoms with Crippen LogP contribution < -0.4 is 5.19 Å². The molecule has 2 heterocycles. The van der Waals surface area contributed by atoms with Crippen LogP contribution in [0.2, 0.25) is 19.6 Å². The lowest BCUT2D eigenvalue weighted by Crippen LogP contribution is -2.37. The van der Waals surface area contributed by atoms with Crippen LogP contribution in [0.15, 0.2) is 101 Å². The number of nitrogens with zero attached hydrogens (tertiary/aromatic N) is 1. The Morgan fingerprint density at radius 1 is 0.606 bits per heavy atom. The molecule has 33 heavy (non-hydrogen) atoms. The van der Waals surface area contributed by atoms with Crippen molar-refractivity contribution in [2.75, 3.05) is 0 Å². The van der Waals surface area contributed by atoms with Crippen LogP contribution in [0.5, 0.6) is 0 Å². The van der Waals surface area contributed by atoms with E-state index in [9.17, 15) is 0 Å². The molecule has 6 rings (SSSR count). The van der Waals surface area contributed by atoms with Gasteiger partial charge in [-0.05, 0) is 41.5 Å². The van der Waals surface area contributed by atoms with Crippen LogP contribution >= 0.6 is 0 Å². The van der Waals surface area contributed by atoms with Crippen LogP contribution in [0.3, 0.4) is 0 Å². The summed E-state index contributed by atoms with van der Waals surface area (Å²) in [5, 5.41) is 4.91. The van der Waals surface area contributed by atoms with Gasteiger partial charge in [0.2, 0.25) is 0 Å². The molecule has 0 aliphatic rings. The number of para-hydroxylation sites is 1. The van der Waals surface area contributed by atoms with Crippen molar-refractivity contribution in [3.63, 3.8) is 0 Å². The molecule has 6 aromatic rings. The summed E-state index contributed by atoms with van der Waals surface area (Å²) in [6.45, 7) is 7.14. The van der Waals surface area contributed by atoms with Crippen molar-refractivity contribution in [2.24, 2.45) is 0 Å². The third-order valence-electron chi connectivity index (χ3n) is 6.45. The zero-order valence-corrected chi connectivity index (χ0v) is 20.1. The molecule has 3 heteroatoms. The van der Waals surface area contributed by atoms with Gasteiger partial charge >= 0.3 is 0 Å². The summed E-state index contributed by atoms with van der Waals surface area (Å²) in [5.41, 5.74) is 7.26. The van der Waals surface area contributed by atoms with Crippen molar-refractivity contribution in [3.8, 4) is 22.4 Å². The van der Waals surface area contributed by atoms with E-state index in [4.69, 9.17) is 9.40 Å². The molecule has 0 unspecified atom stereocenters. The van der Waals surface area contributed by atoms with Gasteiger partial charge in [0, 0.05) is 21.7 Å². The Balaban J connectivity index is 1.41. The molecule has 0 spiro atoms. The van der Waals surface area contributed by atoms with Crippen molar-refractivity contribution in [1.29, 1.82) is 0 Å². The topological polar surface area (TPSA) is 26.0 Å². The summed E-state index contributed by atoms with van der Waals surface area (Å²) < 4.78 is 6.09. The first kappa shape index (κ1) is 20.0. The second-order valence-electron chi connectivity index (χ2n) is 9.74. The molecular formula is C30H25NOSi. The highest BCUT2D eigenvalue weighted by molar-refractivity contribution is 6.88. The van der Waals surface area contributed by atoms with E-state index < -0.39 is 8.07 Å². The first-order chi connectivity index (χ1) is 16.0. The molecule has 0 atom stereocenters. The number of benzene rings is 4. The summed E-state index contributed by atoms with van der Waals surface area (Å²) in [5.74, 6) is 0. The lowest BCUT2D eigenvalue weighted by atomic mass is 10.0. The normalized spacial score (nSPS) is 12.1. The van der Waals surface area contributed by atoms with Gasteiger partial charge in [0.05, 0.1) is 19.3 Å². The van der Waals surface area contributed by atoms with Gasteiger partial charge < -0.3 is 4.42 Å². The summed E-state index contributed by atoms with van der Waals surface area (Å²) in [7, 11) is -1.30. The summed E-state index contributed by atoms with van der Waals surface area (Å²) in [6, 6.07) is 34.4. The molecule has 4 aromatic carbocycles. The number of aromatic nitrogens is 1. The maximum Gasteiger partial charge on any atom is 0.136 e. The molecule has 0 bridgehead atoms. The largest absolute Gasteiger partial charge is 0.456 e. The Hall–Kier alpha value is -3.69.